The fraction of sp³-hybridized carbons (Fsp3) is 0.667. The van der Waals surface area contributed by atoms with Crippen LogP contribution in [0.2, 0.25) is 0 Å². The molecule has 0 amide bonds. The lowest BCUT2D eigenvalue weighted by molar-refractivity contribution is 0.0399. The highest BCUT2D eigenvalue weighted by Crippen LogP contribution is 2.34. The summed E-state index contributed by atoms with van der Waals surface area (Å²) in [5.74, 6) is 1.05. The minimum absolute atomic E-state index is 0.00133. The second kappa shape index (κ2) is 6.28. The van der Waals surface area contributed by atoms with Gasteiger partial charge in [-0.25, -0.2) is 0 Å². The second-order valence-electron chi connectivity index (χ2n) is 6.79. The molecular weight excluding hydrogens is 246 g/mol. The van der Waals surface area contributed by atoms with Gasteiger partial charge in [0, 0.05) is 0 Å². The molecule has 0 aliphatic carbocycles. The van der Waals surface area contributed by atoms with E-state index in [1.54, 1.807) is 0 Å². The summed E-state index contributed by atoms with van der Waals surface area (Å²) in [5.41, 5.74) is 10.5. The molecule has 0 spiro atoms. The van der Waals surface area contributed by atoms with Gasteiger partial charge in [-0.05, 0) is 48.3 Å². The molecule has 112 valence electrons. The first-order valence-corrected chi connectivity index (χ1v) is 7.95. The minimum atomic E-state index is -0.00133. The molecule has 3 atom stereocenters. The molecule has 1 aromatic rings. The van der Waals surface area contributed by atoms with Gasteiger partial charge in [0.05, 0.1) is 18.2 Å². The lowest BCUT2D eigenvalue weighted by Gasteiger charge is -2.25. The summed E-state index contributed by atoms with van der Waals surface area (Å²) in [6, 6.07) is 6.79. The second-order valence-corrected chi connectivity index (χ2v) is 6.79. The normalized spacial score (nSPS) is 24.6. The maximum absolute atomic E-state index is 6.50. The van der Waals surface area contributed by atoms with Crippen LogP contribution in [0.15, 0.2) is 18.2 Å². The largest absolute Gasteiger partial charge is 0.373 e. The van der Waals surface area contributed by atoms with Gasteiger partial charge in [0.25, 0.3) is 0 Å². The zero-order valence-corrected chi connectivity index (χ0v) is 13.5. The predicted octanol–water partition coefficient (Wildman–Crippen LogP) is 4.50. The standard InChI is InChI=1S/C18H29NO/c1-11(2)14-7-8-15(16(10-14)12(3)4)18(19)17-9-6-13(5)20-17/h7-8,10-13,17-18H,6,9,19H2,1-5H3. The van der Waals surface area contributed by atoms with Gasteiger partial charge in [-0.2, -0.15) is 0 Å². The Bertz CT molecular complexity index is 453. The molecule has 2 heteroatoms. The molecule has 1 fully saturated rings. The van der Waals surface area contributed by atoms with Crippen molar-refractivity contribution in [3.63, 3.8) is 0 Å². The van der Waals surface area contributed by atoms with Gasteiger partial charge in [-0.15, -0.1) is 0 Å². The average molecular weight is 275 g/mol. The Morgan fingerprint density at radius 3 is 2.25 bits per heavy atom. The van der Waals surface area contributed by atoms with Crippen LogP contribution < -0.4 is 5.73 Å². The molecule has 0 saturated carbocycles. The highest BCUT2D eigenvalue weighted by molar-refractivity contribution is 5.38. The van der Waals surface area contributed by atoms with Crippen molar-refractivity contribution in [2.45, 2.75) is 77.5 Å². The Balaban J connectivity index is 2.30. The van der Waals surface area contributed by atoms with Gasteiger partial charge in [0.15, 0.2) is 0 Å². The molecule has 2 rings (SSSR count). The van der Waals surface area contributed by atoms with E-state index in [4.69, 9.17) is 10.5 Å². The Morgan fingerprint density at radius 2 is 1.75 bits per heavy atom. The lowest BCUT2D eigenvalue weighted by Crippen LogP contribution is -2.27. The molecule has 1 saturated heterocycles. The third-order valence-electron chi connectivity index (χ3n) is 4.42. The number of nitrogens with two attached hydrogens (primary N) is 1. The van der Waals surface area contributed by atoms with Crippen LogP contribution in [0, 0.1) is 0 Å². The van der Waals surface area contributed by atoms with Crippen LogP contribution in [0.3, 0.4) is 0 Å². The van der Waals surface area contributed by atoms with E-state index in [1.165, 1.54) is 16.7 Å². The van der Waals surface area contributed by atoms with Crippen molar-refractivity contribution in [3.8, 4) is 0 Å². The Hall–Kier alpha value is -0.860. The molecule has 1 heterocycles. The predicted molar refractivity (Wildman–Crippen MR) is 85.1 cm³/mol. The minimum Gasteiger partial charge on any atom is -0.373 e. The number of benzene rings is 1. The van der Waals surface area contributed by atoms with Crippen LogP contribution >= 0.6 is 0 Å². The van der Waals surface area contributed by atoms with E-state index in [1.807, 2.05) is 0 Å². The summed E-state index contributed by atoms with van der Waals surface area (Å²) < 4.78 is 5.96. The van der Waals surface area contributed by atoms with Gasteiger partial charge < -0.3 is 10.5 Å². The maximum atomic E-state index is 6.50. The molecular formula is C18H29NO. The van der Waals surface area contributed by atoms with Gasteiger partial charge in [0.1, 0.15) is 0 Å². The Labute approximate surface area is 123 Å². The van der Waals surface area contributed by atoms with Crippen LogP contribution in [0.5, 0.6) is 0 Å². The molecule has 0 radical (unpaired) electrons. The number of rotatable bonds is 4. The van der Waals surface area contributed by atoms with E-state index in [9.17, 15) is 0 Å². The van der Waals surface area contributed by atoms with Crippen LogP contribution in [0.1, 0.15) is 82.0 Å². The molecule has 1 aromatic carbocycles. The zero-order chi connectivity index (χ0) is 14.9. The average Bonchev–Trinajstić information content (AvgIpc) is 2.83. The molecule has 2 N–H and O–H groups in total. The molecule has 0 bridgehead atoms. The van der Waals surface area contributed by atoms with Crippen molar-refractivity contribution in [2.75, 3.05) is 0 Å². The third-order valence-corrected chi connectivity index (χ3v) is 4.42. The molecule has 20 heavy (non-hydrogen) atoms. The fourth-order valence-corrected chi connectivity index (χ4v) is 3.05. The van der Waals surface area contributed by atoms with Gasteiger partial charge in [-0.3, -0.25) is 0 Å². The summed E-state index contributed by atoms with van der Waals surface area (Å²) in [6.07, 6.45) is 2.72. The van der Waals surface area contributed by atoms with E-state index in [0.29, 0.717) is 17.9 Å². The molecule has 2 nitrogen and oxygen atoms in total. The zero-order valence-electron chi connectivity index (χ0n) is 13.5. The lowest BCUT2D eigenvalue weighted by atomic mass is 9.87. The molecule has 1 aliphatic heterocycles. The van der Waals surface area contributed by atoms with Crippen molar-refractivity contribution in [2.24, 2.45) is 5.73 Å². The van der Waals surface area contributed by atoms with Crippen LogP contribution in [0.25, 0.3) is 0 Å². The smallest absolute Gasteiger partial charge is 0.0772 e. The van der Waals surface area contributed by atoms with Crippen molar-refractivity contribution < 1.29 is 4.74 Å². The van der Waals surface area contributed by atoms with E-state index in [-0.39, 0.29) is 12.1 Å². The van der Waals surface area contributed by atoms with Crippen molar-refractivity contribution in [1.82, 2.24) is 0 Å². The van der Waals surface area contributed by atoms with Crippen LogP contribution in [-0.4, -0.2) is 12.2 Å². The van der Waals surface area contributed by atoms with Gasteiger partial charge >= 0.3 is 0 Å². The van der Waals surface area contributed by atoms with E-state index in [2.05, 4.69) is 52.8 Å². The van der Waals surface area contributed by atoms with Crippen molar-refractivity contribution in [3.05, 3.63) is 34.9 Å². The number of hydrogen-bond donors (Lipinski definition) is 1. The summed E-state index contributed by atoms with van der Waals surface area (Å²) in [6.45, 7) is 11.1. The van der Waals surface area contributed by atoms with E-state index < -0.39 is 0 Å². The molecule has 0 aromatic heterocycles. The summed E-state index contributed by atoms with van der Waals surface area (Å²) >= 11 is 0. The Kier molecular flexibility index (Phi) is 4.87. The fourth-order valence-electron chi connectivity index (χ4n) is 3.05. The first kappa shape index (κ1) is 15.5. The number of ether oxygens (including phenoxy) is 1. The van der Waals surface area contributed by atoms with Crippen molar-refractivity contribution in [1.29, 1.82) is 0 Å². The first-order chi connectivity index (χ1) is 9.40. The van der Waals surface area contributed by atoms with E-state index >= 15 is 0 Å². The highest BCUT2D eigenvalue weighted by Gasteiger charge is 2.29. The van der Waals surface area contributed by atoms with Gasteiger partial charge in [-0.1, -0.05) is 45.9 Å². The maximum Gasteiger partial charge on any atom is 0.0772 e. The monoisotopic (exact) mass is 275 g/mol. The summed E-state index contributed by atoms with van der Waals surface area (Å²) in [5, 5.41) is 0. The topological polar surface area (TPSA) is 35.2 Å². The highest BCUT2D eigenvalue weighted by atomic mass is 16.5. The quantitative estimate of drug-likeness (QED) is 0.878. The van der Waals surface area contributed by atoms with Crippen molar-refractivity contribution >= 4 is 0 Å². The third kappa shape index (κ3) is 3.24. The first-order valence-electron chi connectivity index (χ1n) is 7.95. The van der Waals surface area contributed by atoms with Crippen LogP contribution in [-0.2, 0) is 4.74 Å². The Morgan fingerprint density at radius 1 is 1.05 bits per heavy atom. The SMILES string of the molecule is CC1CCC(C(N)c2ccc(C(C)C)cc2C(C)C)O1. The summed E-state index contributed by atoms with van der Waals surface area (Å²) in [7, 11) is 0. The van der Waals surface area contributed by atoms with Gasteiger partial charge in [0.2, 0.25) is 0 Å². The van der Waals surface area contributed by atoms with E-state index in [0.717, 1.165) is 12.8 Å². The summed E-state index contributed by atoms with van der Waals surface area (Å²) in [4.78, 5) is 0. The molecule has 1 aliphatic rings. The van der Waals surface area contributed by atoms with Crippen LogP contribution in [0.4, 0.5) is 0 Å². The number of hydrogen-bond acceptors (Lipinski definition) is 2. The molecule has 3 unspecified atom stereocenters.